The first kappa shape index (κ1) is 10.4. The van der Waals surface area contributed by atoms with Gasteiger partial charge in [0.1, 0.15) is 0 Å². The topological polar surface area (TPSA) is 42.4 Å². The van der Waals surface area contributed by atoms with Crippen LogP contribution in [-0.2, 0) is 11.2 Å². The Morgan fingerprint density at radius 3 is 3.29 bits per heavy atom. The number of rotatable bonds is 3. The number of hydrogen-bond donors (Lipinski definition) is 1. The third-order valence-corrected chi connectivity index (χ3v) is 3.96. The zero-order valence-electron chi connectivity index (χ0n) is 7.76. The largest absolute Gasteiger partial charge is 0.390 e. The molecule has 2 rings (SSSR count). The molecule has 1 aromatic heterocycles. The van der Waals surface area contributed by atoms with Gasteiger partial charge in [-0.3, -0.25) is 0 Å². The van der Waals surface area contributed by atoms with E-state index in [1.807, 2.05) is 17.8 Å². The molecule has 1 aromatic rings. The Morgan fingerprint density at radius 2 is 2.64 bits per heavy atom. The minimum absolute atomic E-state index is 0.00384. The maximum Gasteiger partial charge on any atom is 0.0927 e. The van der Waals surface area contributed by atoms with Crippen molar-refractivity contribution in [2.45, 2.75) is 18.6 Å². The molecule has 0 bridgehead atoms. The van der Waals surface area contributed by atoms with E-state index in [0.29, 0.717) is 6.42 Å². The summed E-state index contributed by atoms with van der Waals surface area (Å²) in [5.41, 5.74) is 0. The molecule has 0 radical (unpaired) electrons. The van der Waals surface area contributed by atoms with Crippen LogP contribution in [-0.4, -0.2) is 39.8 Å². The van der Waals surface area contributed by atoms with Gasteiger partial charge in [0.15, 0.2) is 0 Å². The lowest BCUT2D eigenvalue weighted by Crippen LogP contribution is -2.36. The van der Waals surface area contributed by atoms with Gasteiger partial charge in [-0.1, -0.05) is 0 Å². The molecule has 1 aliphatic heterocycles. The number of hydrogen-bond acceptors (Lipinski definition) is 5. The van der Waals surface area contributed by atoms with Gasteiger partial charge >= 0.3 is 0 Å². The highest BCUT2D eigenvalue weighted by Gasteiger charge is 2.23. The normalized spacial score (nSPS) is 24.8. The fourth-order valence-electron chi connectivity index (χ4n) is 1.41. The van der Waals surface area contributed by atoms with E-state index in [2.05, 4.69) is 4.37 Å². The fourth-order valence-corrected chi connectivity index (χ4v) is 2.97. The lowest BCUT2D eigenvalue weighted by Gasteiger charge is -2.26. The zero-order valence-corrected chi connectivity index (χ0v) is 9.39. The summed E-state index contributed by atoms with van der Waals surface area (Å²) in [6.07, 6.45) is 2.04. The third-order valence-electron chi connectivity index (χ3n) is 2.17. The van der Waals surface area contributed by atoms with E-state index in [9.17, 15) is 5.11 Å². The fraction of sp³-hybridized carbons (Fsp3) is 0.667. The number of thioether (sulfide) groups is 1. The highest BCUT2D eigenvalue weighted by Crippen LogP contribution is 2.18. The molecule has 0 saturated carbocycles. The molecule has 1 saturated heterocycles. The summed E-state index contributed by atoms with van der Waals surface area (Å²) in [6, 6.07) is 1.95. The van der Waals surface area contributed by atoms with Crippen molar-refractivity contribution in [2.24, 2.45) is 0 Å². The first-order valence-corrected chi connectivity index (χ1v) is 6.56. The van der Waals surface area contributed by atoms with Crippen LogP contribution >= 0.6 is 23.3 Å². The summed E-state index contributed by atoms with van der Waals surface area (Å²) >= 11 is 3.29. The minimum atomic E-state index is -0.386. The molecule has 5 heteroatoms. The second-order valence-corrected chi connectivity index (χ2v) is 5.30. The second kappa shape index (κ2) is 5.11. The van der Waals surface area contributed by atoms with E-state index in [-0.39, 0.29) is 12.2 Å². The van der Waals surface area contributed by atoms with Crippen molar-refractivity contribution in [3.8, 4) is 0 Å². The number of aliphatic hydroxyl groups is 1. The summed E-state index contributed by atoms with van der Waals surface area (Å²) in [4.78, 5) is 1.12. The Balaban J connectivity index is 1.85. The molecular formula is C9H13NO2S2. The van der Waals surface area contributed by atoms with Crippen molar-refractivity contribution in [3.63, 3.8) is 0 Å². The standard InChI is InChI=1S/C9H13NO2S2/c11-8(5-7-1-2-10-14-7)9-6-13-4-3-12-9/h1-2,8-9,11H,3-6H2. The molecule has 78 valence electrons. The maximum absolute atomic E-state index is 9.89. The number of ether oxygens (including phenoxy) is 1. The van der Waals surface area contributed by atoms with E-state index in [4.69, 9.17) is 4.74 Å². The lowest BCUT2D eigenvalue weighted by atomic mass is 10.1. The molecule has 3 nitrogen and oxygen atoms in total. The van der Waals surface area contributed by atoms with Gasteiger partial charge in [0.05, 0.1) is 18.8 Å². The predicted molar refractivity (Wildman–Crippen MR) is 58.9 cm³/mol. The highest BCUT2D eigenvalue weighted by molar-refractivity contribution is 7.99. The average molecular weight is 231 g/mol. The maximum atomic E-state index is 9.89. The van der Waals surface area contributed by atoms with Crippen LogP contribution in [0.15, 0.2) is 12.3 Å². The lowest BCUT2D eigenvalue weighted by molar-refractivity contribution is -0.0204. The van der Waals surface area contributed by atoms with Gasteiger partial charge in [-0.2, -0.15) is 11.8 Å². The van der Waals surface area contributed by atoms with E-state index in [1.165, 1.54) is 11.5 Å². The SMILES string of the molecule is OC(Cc1ccns1)C1CSCCO1. The van der Waals surface area contributed by atoms with Crippen molar-refractivity contribution in [1.82, 2.24) is 4.37 Å². The molecule has 14 heavy (non-hydrogen) atoms. The van der Waals surface area contributed by atoms with E-state index >= 15 is 0 Å². The van der Waals surface area contributed by atoms with Crippen molar-refractivity contribution >= 4 is 23.3 Å². The monoisotopic (exact) mass is 231 g/mol. The summed E-state index contributed by atoms with van der Waals surface area (Å²) in [7, 11) is 0. The number of aliphatic hydroxyl groups excluding tert-OH is 1. The van der Waals surface area contributed by atoms with Crippen molar-refractivity contribution < 1.29 is 9.84 Å². The van der Waals surface area contributed by atoms with Gasteiger partial charge in [0.25, 0.3) is 0 Å². The molecular weight excluding hydrogens is 218 g/mol. The summed E-state index contributed by atoms with van der Waals surface area (Å²) in [6.45, 7) is 0.759. The van der Waals surface area contributed by atoms with Crippen LogP contribution in [0.3, 0.4) is 0 Å². The molecule has 2 atom stereocenters. The molecule has 0 aromatic carbocycles. The Hall–Kier alpha value is -0.100. The summed E-state index contributed by atoms with van der Waals surface area (Å²) in [5, 5.41) is 9.89. The second-order valence-electron chi connectivity index (χ2n) is 3.23. The van der Waals surface area contributed by atoms with Crippen LogP contribution in [0.5, 0.6) is 0 Å². The smallest absolute Gasteiger partial charge is 0.0927 e. The Kier molecular flexibility index (Phi) is 3.81. The summed E-state index contributed by atoms with van der Waals surface area (Å²) < 4.78 is 9.51. The summed E-state index contributed by atoms with van der Waals surface area (Å²) in [5.74, 6) is 1.95. The minimum Gasteiger partial charge on any atom is -0.390 e. The molecule has 1 fully saturated rings. The number of nitrogens with zero attached hydrogens (tertiary/aromatic N) is 1. The quantitative estimate of drug-likeness (QED) is 0.848. The molecule has 2 unspecified atom stereocenters. The van der Waals surface area contributed by atoms with Crippen LogP contribution in [0.2, 0.25) is 0 Å². The van der Waals surface area contributed by atoms with Crippen molar-refractivity contribution in [2.75, 3.05) is 18.1 Å². The van der Waals surface area contributed by atoms with Gasteiger partial charge < -0.3 is 9.84 Å². The van der Waals surface area contributed by atoms with Crippen LogP contribution in [0.4, 0.5) is 0 Å². The molecule has 1 aliphatic rings. The zero-order chi connectivity index (χ0) is 9.80. The average Bonchev–Trinajstić information content (AvgIpc) is 2.72. The van der Waals surface area contributed by atoms with E-state index in [0.717, 1.165) is 23.0 Å². The number of aromatic nitrogens is 1. The van der Waals surface area contributed by atoms with Crippen LogP contribution in [0, 0.1) is 0 Å². The van der Waals surface area contributed by atoms with Crippen molar-refractivity contribution in [1.29, 1.82) is 0 Å². The van der Waals surface area contributed by atoms with Crippen LogP contribution in [0.1, 0.15) is 4.88 Å². The molecule has 1 N–H and O–H groups in total. The Bertz CT molecular complexity index is 260. The predicted octanol–water partition coefficient (Wildman–Crippen LogP) is 1.18. The molecule has 0 aliphatic carbocycles. The molecule has 2 heterocycles. The highest BCUT2D eigenvalue weighted by atomic mass is 32.2. The molecule has 0 amide bonds. The van der Waals surface area contributed by atoms with Crippen LogP contribution < -0.4 is 0 Å². The molecule has 0 spiro atoms. The third kappa shape index (κ3) is 2.70. The van der Waals surface area contributed by atoms with Gasteiger partial charge in [-0.05, 0) is 17.6 Å². The van der Waals surface area contributed by atoms with Crippen molar-refractivity contribution in [3.05, 3.63) is 17.1 Å². The van der Waals surface area contributed by atoms with E-state index < -0.39 is 0 Å². The van der Waals surface area contributed by atoms with Crippen LogP contribution in [0.25, 0.3) is 0 Å². The van der Waals surface area contributed by atoms with Gasteiger partial charge in [-0.25, -0.2) is 4.37 Å². The van der Waals surface area contributed by atoms with Gasteiger partial charge in [0, 0.05) is 29.0 Å². The van der Waals surface area contributed by atoms with Gasteiger partial charge in [0.2, 0.25) is 0 Å². The first-order valence-electron chi connectivity index (χ1n) is 4.63. The first-order chi connectivity index (χ1) is 6.86. The Morgan fingerprint density at radius 1 is 1.71 bits per heavy atom. The Labute approximate surface area is 91.6 Å². The van der Waals surface area contributed by atoms with Gasteiger partial charge in [-0.15, -0.1) is 0 Å². The van der Waals surface area contributed by atoms with E-state index in [1.54, 1.807) is 6.20 Å².